The van der Waals surface area contributed by atoms with Crippen LogP contribution in [0, 0.1) is 11.3 Å². The molecule has 2 aromatic heterocycles. The molecule has 1 aliphatic rings. The van der Waals surface area contributed by atoms with E-state index >= 15 is 0 Å². The molecule has 0 radical (unpaired) electrons. The number of nitrogens with one attached hydrogen (secondary N) is 1. The van der Waals surface area contributed by atoms with Gasteiger partial charge in [-0.15, -0.1) is 0 Å². The average Bonchev–Trinajstić information content (AvgIpc) is 3.35. The van der Waals surface area contributed by atoms with E-state index in [0.29, 0.717) is 12.1 Å². The number of aromatic amines is 1. The zero-order chi connectivity index (χ0) is 20.7. The van der Waals surface area contributed by atoms with E-state index in [1.807, 2.05) is 46.0 Å². The van der Waals surface area contributed by atoms with Gasteiger partial charge in [0.1, 0.15) is 5.82 Å². The SMILES string of the molecule is CC(=O)N1CCN(Cc2nn(-c3cc4ccccc4[nH]3)c3cc(C#N)ccc23)CC1. The Hall–Kier alpha value is -3.63. The van der Waals surface area contributed by atoms with E-state index in [1.165, 1.54) is 0 Å². The average molecular weight is 398 g/mol. The minimum atomic E-state index is 0.132. The van der Waals surface area contributed by atoms with Crippen molar-refractivity contribution in [3.63, 3.8) is 0 Å². The number of piperazine rings is 1. The van der Waals surface area contributed by atoms with Crippen molar-refractivity contribution in [1.29, 1.82) is 5.26 Å². The first-order chi connectivity index (χ1) is 14.6. The van der Waals surface area contributed by atoms with Gasteiger partial charge in [-0.3, -0.25) is 9.69 Å². The van der Waals surface area contributed by atoms with Crippen LogP contribution in [0.1, 0.15) is 18.2 Å². The number of aromatic nitrogens is 3. The third-order valence-electron chi connectivity index (χ3n) is 5.82. The van der Waals surface area contributed by atoms with Gasteiger partial charge in [-0.05, 0) is 30.3 Å². The van der Waals surface area contributed by atoms with Crippen molar-refractivity contribution in [2.75, 3.05) is 26.2 Å². The van der Waals surface area contributed by atoms with Crippen molar-refractivity contribution in [3.05, 3.63) is 59.8 Å². The number of hydrogen-bond donors (Lipinski definition) is 1. The number of rotatable bonds is 3. The predicted molar refractivity (Wildman–Crippen MR) is 115 cm³/mol. The molecular weight excluding hydrogens is 376 g/mol. The monoisotopic (exact) mass is 398 g/mol. The van der Waals surface area contributed by atoms with Gasteiger partial charge in [-0.2, -0.15) is 10.4 Å². The Morgan fingerprint density at radius 3 is 2.67 bits per heavy atom. The Labute approximate surface area is 174 Å². The summed E-state index contributed by atoms with van der Waals surface area (Å²) >= 11 is 0. The third-order valence-corrected chi connectivity index (χ3v) is 5.82. The van der Waals surface area contributed by atoms with Crippen molar-refractivity contribution in [2.24, 2.45) is 0 Å². The Bertz CT molecular complexity index is 1250. The molecule has 150 valence electrons. The molecule has 2 aromatic carbocycles. The molecule has 0 aliphatic carbocycles. The summed E-state index contributed by atoms with van der Waals surface area (Å²) in [6, 6.07) is 18.2. The lowest BCUT2D eigenvalue weighted by Crippen LogP contribution is -2.47. The van der Waals surface area contributed by atoms with Gasteiger partial charge in [-0.1, -0.05) is 18.2 Å². The Morgan fingerprint density at radius 2 is 1.93 bits per heavy atom. The molecule has 0 atom stereocenters. The number of carbonyl (C=O) groups excluding carboxylic acids is 1. The quantitative estimate of drug-likeness (QED) is 0.575. The first-order valence-corrected chi connectivity index (χ1v) is 10.1. The number of fused-ring (bicyclic) bond motifs is 2. The van der Waals surface area contributed by atoms with Crippen LogP contribution in [0.2, 0.25) is 0 Å². The van der Waals surface area contributed by atoms with E-state index < -0.39 is 0 Å². The molecule has 5 rings (SSSR count). The van der Waals surface area contributed by atoms with E-state index in [0.717, 1.165) is 59.5 Å². The number of para-hydroxylation sites is 1. The first-order valence-electron chi connectivity index (χ1n) is 10.1. The first kappa shape index (κ1) is 18.4. The maximum atomic E-state index is 11.6. The number of H-pyrrole nitrogens is 1. The molecule has 30 heavy (non-hydrogen) atoms. The largest absolute Gasteiger partial charge is 0.340 e. The van der Waals surface area contributed by atoms with E-state index in [1.54, 1.807) is 6.92 Å². The normalized spacial score (nSPS) is 15.0. The highest BCUT2D eigenvalue weighted by Crippen LogP contribution is 2.26. The van der Waals surface area contributed by atoms with E-state index in [2.05, 4.69) is 28.1 Å². The summed E-state index contributed by atoms with van der Waals surface area (Å²) < 4.78 is 1.90. The Balaban J connectivity index is 1.53. The lowest BCUT2D eigenvalue weighted by atomic mass is 10.1. The van der Waals surface area contributed by atoms with Gasteiger partial charge < -0.3 is 9.88 Å². The fourth-order valence-corrected chi connectivity index (χ4v) is 4.15. The van der Waals surface area contributed by atoms with Gasteiger partial charge >= 0.3 is 0 Å². The highest BCUT2D eigenvalue weighted by Gasteiger charge is 2.21. The van der Waals surface area contributed by atoms with Crippen molar-refractivity contribution < 1.29 is 4.79 Å². The molecule has 0 saturated carbocycles. The second-order valence-electron chi connectivity index (χ2n) is 7.73. The summed E-state index contributed by atoms with van der Waals surface area (Å²) in [5.74, 6) is 1.01. The summed E-state index contributed by atoms with van der Waals surface area (Å²) in [4.78, 5) is 19.2. The van der Waals surface area contributed by atoms with Crippen molar-refractivity contribution >= 4 is 27.7 Å². The fourth-order valence-electron chi connectivity index (χ4n) is 4.15. The Morgan fingerprint density at radius 1 is 1.13 bits per heavy atom. The lowest BCUT2D eigenvalue weighted by Gasteiger charge is -2.33. The van der Waals surface area contributed by atoms with Crippen LogP contribution < -0.4 is 0 Å². The van der Waals surface area contributed by atoms with Crippen molar-refractivity contribution in [3.8, 4) is 11.9 Å². The molecule has 0 spiro atoms. The van der Waals surface area contributed by atoms with Gasteiger partial charge in [0.2, 0.25) is 5.91 Å². The molecule has 1 aliphatic heterocycles. The molecule has 1 fully saturated rings. The molecule has 0 bridgehead atoms. The highest BCUT2D eigenvalue weighted by atomic mass is 16.2. The second-order valence-corrected chi connectivity index (χ2v) is 7.73. The van der Waals surface area contributed by atoms with Crippen LogP contribution in [-0.2, 0) is 11.3 Å². The number of benzene rings is 2. The Kier molecular flexibility index (Phi) is 4.49. The standard InChI is InChI=1S/C23H22N6O/c1-16(30)28-10-8-27(9-11-28)15-21-19-7-6-17(14-24)12-22(19)29(26-21)23-13-18-4-2-3-5-20(18)25-23/h2-7,12-13,25H,8-11,15H2,1H3. The van der Waals surface area contributed by atoms with Crippen LogP contribution in [0.25, 0.3) is 27.6 Å². The van der Waals surface area contributed by atoms with Gasteiger partial charge in [0.05, 0.1) is 22.8 Å². The van der Waals surface area contributed by atoms with Crippen molar-refractivity contribution in [1.82, 2.24) is 24.6 Å². The smallest absolute Gasteiger partial charge is 0.219 e. The van der Waals surface area contributed by atoms with Crippen LogP contribution >= 0.6 is 0 Å². The fraction of sp³-hybridized carbons (Fsp3) is 0.261. The zero-order valence-corrected chi connectivity index (χ0v) is 16.8. The highest BCUT2D eigenvalue weighted by molar-refractivity contribution is 5.87. The van der Waals surface area contributed by atoms with E-state index in [4.69, 9.17) is 5.10 Å². The third kappa shape index (κ3) is 3.21. The number of hydrogen-bond acceptors (Lipinski definition) is 4. The molecule has 1 saturated heterocycles. The van der Waals surface area contributed by atoms with Crippen LogP contribution in [0.4, 0.5) is 0 Å². The van der Waals surface area contributed by atoms with Gasteiger partial charge in [0, 0.05) is 55.9 Å². The van der Waals surface area contributed by atoms with Crippen LogP contribution in [-0.4, -0.2) is 56.7 Å². The molecule has 0 unspecified atom stereocenters. The summed E-state index contributed by atoms with van der Waals surface area (Å²) in [5, 5.41) is 16.5. The summed E-state index contributed by atoms with van der Waals surface area (Å²) in [7, 11) is 0. The van der Waals surface area contributed by atoms with E-state index in [9.17, 15) is 10.1 Å². The number of amides is 1. The molecule has 4 aromatic rings. The maximum Gasteiger partial charge on any atom is 0.219 e. The van der Waals surface area contributed by atoms with Gasteiger partial charge in [0.25, 0.3) is 0 Å². The molecule has 3 heterocycles. The van der Waals surface area contributed by atoms with Crippen LogP contribution in [0.15, 0.2) is 48.5 Å². The zero-order valence-electron chi connectivity index (χ0n) is 16.8. The summed E-state index contributed by atoms with van der Waals surface area (Å²) in [6.07, 6.45) is 0. The molecule has 1 N–H and O–H groups in total. The molecule has 7 heteroatoms. The van der Waals surface area contributed by atoms with Gasteiger partial charge in [-0.25, -0.2) is 4.68 Å². The molecular formula is C23H22N6O. The molecule has 7 nitrogen and oxygen atoms in total. The number of nitriles is 1. The number of nitrogens with zero attached hydrogens (tertiary/aromatic N) is 5. The van der Waals surface area contributed by atoms with Crippen LogP contribution in [0.3, 0.4) is 0 Å². The number of carbonyl (C=O) groups is 1. The summed E-state index contributed by atoms with van der Waals surface area (Å²) in [6.45, 7) is 5.48. The van der Waals surface area contributed by atoms with E-state index in [-0.39, 0.29) is 5.91 Å². The van der Waals surface area contributed by atoms with Gasteiger partial charge in [0.15, 0.2) is 0 Å². The topological polar surface area (TPSA) is 81.0 Å². The maximum absolute atomic E-state index is 11.6. The minimum absolute atomic E-state index is 0.132. The summed E-state index contributed by atoms with van der Waals surface area (Å²) in [5.41, 5.74) is 3.55. The predicted octanol–water partition coefficient (Wildman–Crippen LogP) is 3.04. The van der Waals surface area contributed by atoms with Crippen LogP contribution in [0.5, 0.6) is 0 Å². The minimum Gasteiger partial charge on any atom is -0.340 e. The lowest BCUT2D eigenvalue weighted by molar-refractivity contribution is -0.130. The second kappa shape index (κ2) is 7.32. The van der Waals surface area contributed by atoms with Crippen molar-refractivity contribution in [2.45, 2.75) is 13.5 Å². The molecule has 1 amide bonds.